The van der Waals surface area contributed by atoms with Crippen LogP contribution in [0.4, 0.5) is 13.2 Å². The third-order valence-electron chi connectivity index (χ3n) is 6.84. The number of fused-ring (bicyclic) bond motifs is 1. The quantitative estimate of drug-likeness (QED) is 0.788. The van der Waals surface area contributed by atoms with Gasteiger partial charge in [-0.25, -0.2) is 0 Å². The van der Waals surface area contributed by atoms with E-state index in [1.165, 1.54) is 6.07 Å². The van der Waals surface area contributed by atoms with Crippen LogP contribution in [-0.4, -0.2) is 42.8 Å². The van der Waals surface area contributed by atoms with Crippen molar-refractivity contribution in [3.63, 3.8) is 0 Å². The maximum absolute atomic E-state index is 13.5. The number of nitrogens with zero attached hydrogens (tertiary/aromatic N) is 1. The average Bonchev–Trinajstić information content (AvgIpc) is 3.16. The van der Waals surface area contributed by atoms with Crippen molar-refractivity contribution < 1.29 is 27.4 Å². The van der Waals surface area contributed by atoms with Gasteiger partial charge in [0.1, 0.15) is 5.75 Å². The Morgan fingerprint density at radius 3 is 2.70 bits per heavy atom. The molecule has 1 saturated carbocycles. The first-order valence-corrected chi connectivity index (χ1v) is 10.8. The Kier molecular flexibility index (Phi) is 5.99. The Bertz CT molecular complexity index is 779. The summed E-state index contributed by atoms with van der Waals surface area (Å²) in [5, 5.41) is 3.70. The summed E-state index contributed by atoms with van der Waals surface area (Å²) in [6.07, 6.45) is 0.745. The van der Waals surface area contributed by atoms with Crippen LogP contribution >= 0.6 is 0 Å². The van der Waals surface area contributed by atoms with Gasteiger partial charge in [0, 0.05) is 30.9 Å². The largest absolute Gasteiger partial charge is 0.473 e. The molecule has 2 unspecified atom stereocenters. The Hall–Kier alpha value is -1.80. The monoisotopic (exact) mass is 426 g/mol. The molecular formula is C22H29F3N2O3. The van der Waals surface area contributed by atoms with Gasteiger partial charge in [-0.05, 0) is 56.7 Å². The summed E-state index contributed by atoms with van der Waals surface area (Å²) in [5.74, 6) is 0.410. The molecule has 1 amide bonds. The van der Waals surface area contributed by atoms with Crippen molar-refractivity contribution >= 4 is 5.91 Å². The Labute approximate surface area is 174 Å². The van der Waals surface area contributed by atoms with E-state index in [-0.39, 0.29) is 25.2 Å². The topological polar surface area (TPSA) is 50.8 Å². The fourth-order valence-electron chi connectivity index (χ4n) is 5.02. The predicted octanol–water partition coefficient (Wildman–Crippen LogP) is 4.10. The minimum Gasteiger partial charge on any atom is -0.473 e. The second-order valence-electron chi connectivity index (χ2n) is 8.72. The van der Waals surface area contributed by atoms with E-state index in [1.54, 1.807) is 4.90 Å². The number of benzene rings is 1. The molecule has 1 aromatic rings. The number of hydrogen-bond donors (Lipinski definition) is 1. The van der Waals surface area contributed by atoms with Crippen molar-refractivity contribution in [1.82, 2.24) is 10.2 Å². The van der Waals surface area contributed by atoms with Crippen molar-refractivity contribution in [3.8, 4) is 5.75 Å². The summed E-state index contributed by atoms with van der Waals surface area (Å²) in [6, 6.07) is 4.17. The molecule has 2 fully saturated rings. The molecule has 1 aliphatic carbocycles. The van der Waals surface area contributed by atoms with E-state index in [0.717, 1.165) is 57.5 Å². The fraction of sp³-hybridized carbons (Fsp3) is 0.682. The second kappa shape index (κ2) is 8.38. The van der Waals surface area contributed by atoms with Crippen LogP contribution in [0.25, 0.3) is 0 Å². The zero-order chi connectivity index (χ0) is 21.4. The smallest absolute Gasteiger partial charge is 0.416 e. The van der Waals surface area contributed by atoms with Crippen molar-refractivity contribution in [1.29, 1.82) is 0 Å². The molecule has 5 nitrogen and oxygen atoms in total. The number of carbonyl (C=O) groups is 1. The maximum Gasteiger partial charge on any atom is 0.416 e. The average molecular weight is 426 g/mol. The first kappa shape index (κ1) is 21.4. The van der Waals surface area contributed by atoms with Gasteiger partial charge in [-0.2, -0.15) is 13.2 Å². The summed E-state index contributed by atoms with van der Waals surface area (Å²) in [7, 11) is 0. The SMILES string of the molecule is CCC1(C(=O)N2COc3ccc(C(F)(F)F)cc3C2)CCC(NC2CCOCC2)C1. The van der Waals surface area contributed by atoms with Gasteiger partial charge in [0.15, 0.2) is 6.73 Å². The van der Waals surface area contributed by atoms with E-state index in [1.807, 2.05) is 6.92 Å². The number of amides is 1. The van der Waals surface area contributed by atoms with E-state index >= 15 is 0 Å². The van der Waals surface area contributed by atoms with Gasteiger partial charge in [0.05, 0.1) is 17.5 Å². The molecule has 1 aromatic carbocycles. The molecule has 0 bridgehead atoms. The summed E-state index contributed by atoms with van der Waals surface area (Å²) >= 11 is 0. The number of rotatable bonds is 4. The minimum absolute atomic E-state index is 0.00987. The zero-order valence-corrected chi connectivity index (χ0v) is 17.3. The molecule has 0 radical (unpaired) electrons. The van der Waals surface area contributed by atoms with E-state index in [0.29, 0.717) is 23.8 Å². The van der Waals surface area contributed by atoms with Crippen LogP contribution < -0.4 is 10.1 Å². The molecule has 2 aliphatic heterocycles. The van der Waals surface area contributed by atoms with Crippen LogP contribution in [0, 0.1) is 5.41 Å². The lowest BCUT2D eigenvalue weighted by atomic mass is 9.81. The summed E-state index contributed by atoms with van der Waals surface area (Å²) in [6.45, 7) is 3.80. The van der Waals surface area contributed by atoms with Crippen LogP contribution in [-0.2, 0) is 22.3 Å². The third kappa shape index (κ3) is 4.30. The highest BCUT2D eigenvalue weighted by Crippen LogP contribution is 2.44. The molecule has 166 valence electrons. The van der Waals surface area contributed by atoms with E-state index < -0.39 is 17.2 Å². The molecule has 4 rings (SSSR count). The second-order valence-corrected chi connectivity index (χ2v) is 8.72. The van der Waals surface area contributed by atoms with Gasteiger partial charge in [0.25, 0.3) is 0 Å². The van der Waals surface area contributed by atoms with Gasteiger partial charge in [-0.1, -0.05) is 6.92 Å². The predicted molar refractivity (Wildman–Crippen MR) is 105 cm³/mol. The molecular weight excluding hydrogens is 397 g/mol. The van der Waals surface area contributed by atoms with E-state index in [4.69, 9.17) is 9.47 Å². The Morgan fingerprint density at radius 1 is 1.23 bits per heavy atom. The van der Waals surface area contributed by atoms with Crippen molar-refractivity contribution in [2.75, 3.05) is 19.9 Å². The highest BCUT2D eigenvalue weighted by molar-refractivity contribution is 5.83. The lowest BCUT2D eigenvalue weighted by Gasteiger charge is -2.37. The molecule has 0 spiro atoms. The first-order valence-electron chi connectivity index (χ1n) is 10.8. The first-order chi connectivity index (χ1) is 14.3. The standard InChI is InChI=1S/C22H29F3N2O3/c1-2-21(8-5-18(12-21)26-17-6-9-29-10-7-17)20(28)27-13-15-11-16(22(23,24)25)3-4-19(15)30-14-27/h3-4,11,17-18,26H,2,5-10,12-14H2,1H3. The fourth-order valence-corrected chi connectivity index (χ4v) is 5.02. The number of alkyl halides is 3. The molecule has 1 saturated heterocycles. The van der Waals surface area contributed by atoms with Crippen molar-refractivity contribution in [2.24, 2.45) is 5.41 Å². The minimum atomic E-state index is -4.42. The maximum atomic E-state index is 13.5. The highest BCUT2D eigenvalue weighted by atomic mass is 19.4. The molecule has 2 heterocycles. The molecule has 8 heteroatoms. The number of hydrogen-bond acceptors (Lipinski definition) is 4. The number of nitrogens with one attached hydrogen (secondary N) is 1. The van der Waals surface area contributed by atoms with Gasteiger partial charge >= 0.3 is 6.18 Å². The molecule has 3 aliphatic rings. The van der Waals surface area contributed by atoms with Crippen molar-refractivity contribution in [2.45, 2.75) is 70.3 Å². The van der Waals surface area contributed by atoms with Gasteiger partial charge in [-0.3, -0.25) is 4.79 Å². The molecule has 0 aromatic heterocycles. The van der Waals surface area contributed by atoms with E-state index in [2.05, 4.69) is 5.32 Å². The van der Waals surface area contributed by atoms with Gasteiger partial charge in [-0.15, -0.1) is 0 Å². The summed E-state index contributed by atoms with van der Waals surface area (Å²) < 4.78 is 50.3. The van der Waals surface area contributed by atoms with E-state index in [9.17, 15) is 18.0 Å². The van der Waals surface area contributed by atoms with Crippen LogP contribution in [0.15, 0.2) is 18.2 Å². The molecule has 1 N–H and O–H groups in total. The molecule has 2 atom stereocenters. The normalized spacial score (nSPS) is 27.6. The lowest BCUT2D eigenvalue weighted by molar-refractivity contribution is -0.147. The van der Waals surface area contributed by atoms with Crippen LogP contribution in [0.3, 0.4) is 0 Å². The Balaban J connectivity index is 1.44. The highest BCUT2D eigenvalue weighted by Gasteiger charge is 2.47. The van der Waals surface area contributed by atoms with Crippen LogP contribution in [0.1, 0.15) is 56.6 Å². The van der Waals surface area contributed by atoms with Gasteiger partial charge < -0.3 is 19.7 Å². The summed E-state index contributed by atoms with van der Waals surface area (Å²) in [5.41, 5.74) is -0.790. The van der Waals surface area contributed by atoms with Gasteiger partial charge in [0.2, 0.25) is 5.91 Å². The lowest BCUT2D eigenvalue weighted by Crippen LogP contribution is -2.47. The van der Waals surface area contributed by atoms with Crippen molar-refractivity contribution in [3.05, 3.63) is 29.3 Å². The third-order valence-corrected chi connectivity index (χ3v) is 6.84. The molecule has 30 heavy (non-hydrogen) atoms. The zero-order valence-electron chi connectivity index (χ0n) is 17.3. The van der Waals surface area contributed by atoms with Crippen LogP contribution in [0.2, 0.25) is 0 Å². The number of carbonyl (C=O) groups excluding carboxylic acids is 1. The number of ether oxygens (including phenoxy) is 2. The number of halogens is 3. The van der Waals surface area contributed by atoms with Crippen LogP contribution in [0.5, 0.6) is 5.75 Å². The Morgan fingerprint density at radius 2 is 2.00 bits per heavy atom. The summed E-state index contributed by atoms with van der Waals surface area (Å²) in [4.78, 5) is 15.0.